The number of nitrogens with zero attached hydrogens (tertiary/aromatic N) is 2. The van der Waals surface area contributed by atoms with Crippen LogP contribution in [0.3, 0.4) is 0 Å². The maximum atomic E-state index is 5.81. The van der Waals surface area contributed by atoms with Gasteiger partial charge in [0.05, 0.1) is 6.21 Å². The number of hydrazone groups is 1. The molecular formula is C8H12Cl2N2OP4S. The van der Waals surface area contributed by atoms with Crippen molar-refractivity contribution in [2.24, 2.45) is 5.10 Å². The summed E-state index contributed by atoms with van der Waals surface area (Å²) in [6.07, 6.45) is 1.65. The monoisotopic (exact) mass is 378 g/mol. The fraction of sp³-hybridized carbons (Fsp3) is 0.125. The standard InChI is InChI=1S/C8H12Cl2N2OP4S/c1-12(17(9,10)18)11-6-7-2-4-8(5-3-7)13-16(14)15/h2-6H,14-15H2,1H3/b11-6+. The Morgan fingerprint density at radius 1 is 1.39 bits per heavy atom. The molecule has 0 heterocycles. The van der Waals surface area contributed by atoms with Crippen LogP contribution in [0.2, 0.25) is 0 Å². The maximum absolute atomic E-state index is 5.81. The van der Waals surface area contributed by atoms with Gasteiger partial charge < -0.3 is 4.52 Å². The first-order chi connectivity index (χ1) is 8.29. The van der Waals surface area contributed by atoms with Crippen LogP contribution in [0.25, 0.3) is 0 Å². The summed E-state index contributed by atoms with van der Waals surface area (Å²) < 4.78 is 6.93. The van der Waals surface area contributed by atoms with E-state index >= 15 is 0 Å². The molecule has 10 heteroatoms. The average molecular weight is 379 g/mol. The molecule has 0 aliphatic rings. The molecule has 1 rings (SSSR count). The fourth-order valence-electron chi connectivity index (χ4n) is 0.947. The molecule has 2 atom stereocenters. The first-order valence-electron chi connectivity index (χ1n) is 4.64. The van der Waals surface area contributed by atoms with Crippen LogP contribution in [0.1, 0.15) is 5.56 Å². The van der Waals surface area contributed by atoms with Crippen LogP contribution in [0.15, 0.2) is 29.4 Å². The van der Waals surface area contributed by atoms with Gasteiger partial charge in [0.2, 0.25) is 4.89 Å². The van der Waals surface area contributed by atoms with Gasteiger partial charge in [0.1, 0.15) is 13.3 Å². The fourth-order valence-corrected chi connectivity index (χ4v) is 2.57. The van der Waals surface area contributed by atoms with E-state index in [2.05, 4.69) is 23.0 Å². The number of benzene rings is 1. The SMILES string of the molecule is CN(/N=C/c1ccc(OP(P)P)cc1)P(=S)(Cl)Cl. The molecule has 3 nitrogen and oxygen atoms in total. The molecule has 100 valence electrons. The van der Waals surface area contributed by atoms with E-state index in [1.165, 1.54) is 4.78 Å². The van der Waals surface area contributed by atoms with Crippen molar-refractivity contribution in [2.45, 2.75) is 0 Å². The normalized spacial score (nSPS) is 12.1. The second kappa shape index (κ2) is 7.70. The minimum Gasteiger partial charge on any atom is -0.466 e. The summed E-state index contributed by atoms with van der Waals surface area (Å²) in [6, 6.07) is 7.55. The van der Waals surface area contributed by atoms with Gasteiger partial charge in [0.25, 0.3) is 0 Å². The Morgan fingerprint density at radius 2 is 1.94 bits per heavy atom. The third kappa shape index (κ3) is 6.44. The summed E-state index contributed by atoms with van der Waals surface area (Å²) in [5, 5.41) is 4.10. The van der Waals surface area contributed by atoms with Crippen molar-refractivity contribution in [3.05, 3.63) is 29.8 Å². The van der Waals surface area contributed by atoms with Gasteiger partial charge in [-0.1, -0.05) is 17.9 Å². The van der Waals surface area contributed by atoms with Gasteiger partial charge in [0, 0.05) is 7.05 Å². The number of hydrogen-bond acceptors (Lipinski definition) is 3. The van der Waals surface area contributed by atoms with Crippen LogP contribution >= 0.6 is 52.8 Å². The van der Waals surface area contributed by atoms with Gasteiger partial charge in [-0.15, -0.1) is 0 Å². The molecule has 18 heavy (non-hydrogen) atoms. The molecule has 1 aromatic rings. The van der Waals surface area contributed by atoms with Gasteiger partial charge in [-0.05, 0) is 64.1 Å². The van der Waals surface area contributed by atoms with Crippen molar-refractivity contribution in [3.63, 3.8) is 0 Å². The summed E-state index contributed by atoms with van der Waals surface area (Å²) in [7, 11) is 6.29. The van der Waals surface area contributed by atoms with E-state index in [0.29, 0.717) is 0 Å². The van der Waals surface area contributed by atoms with E-state index < -0.39 is 12.4 Å². The van der Waals surface area contributed by atoms with Crippen molar-refractivity contribution < 1.29 is 4.52 Å². The summed E-state index contributed by atoms with van der Waals surface area (Å²) in [4.78, 5) is -2.54. The highest BCUT2D eigenvalue weighted by Gasteiger charge is 2.12. The Balaban J connectivity index is 2.69. The van der Waals surface area contributed by atoms with Crippen LogP contribution in [0.5, 0.6) is 5.75 Å². The lowest BCUT2D eigenvalue weighted by atomic mass is 10.2. The van der Waals surface area contributed by atoms with Crippen LogP contribution in [-0.4, -0.2) is 18.0 Å². The molecule has 0 aliphatic heterocycles. The third-order valence-electron chi connectivity index (χ3n) is 1.80. The lowest BCUT2D eigenvalue weighted by molar-refractivity contribution is 0.611. The Morgan fingerprint density at radius 3 is 2.39 bits per heavy atom. The minimum absolute atomic E-state index is 0.573. The summed E-state index contributed by atoms with van der Waals surface area (Å²) in [5.41, 5.74) is 0.919. The molecule has 0 aliphatic carbocycles. The molecule has 2 unspecified atom stereocenters. The number of rotatable bonds is 5. The molecule has 1 aromatic carbocycles. The zero-order valence-corrected chi connectivity index (χ0v) is 15.8. The highest BCUT2D eigenvalue weighted by molar-refractivity contribution is 8.41. The zero-order valence-electron chi connectivity index (χ0n) is 9.40. The summed E-state index contributed by atoms with van der Waals surface area (Å²) in [6.45, 7) is 0. The van der Waals surface area contributed by atoms with Gasteiger partial charge in [-0.25, -0.2) is 4.78 Å². The number of hydrogen-bond donors (Lipinski definition) is 0. The van der Waals surface area contributed by atoms with E-state index in [9.17, 15) is 0 Å². The zero-order chi connectivity index (χ0) is 13.8. The molecular weight excluding hydrogens is 367 g/mol. The lowest BCUT2D eigenvalue weighted by Gasteiger charge is -2.16. The highest BCUT2D eigenvalue weighted by atomic mass is 35.9. The van der Waals surface area contributed by atoms with Crippen molar-refractivity contribution in [1.82, 2.24) is 4.78 Å². The lowest BCUT2D eigenvalue weighted by Crippen LogP contribution is -2.00. The Bertz CT molecular complexity index is 465. The second-order valence-corrected chi connectivity index (χ2v) is 16.6. The molecule has 0 aromatic heterocycles. The molecule has 0 saturated heterocycles. The van der Waals surface area contributed by atoms with E-state index in [-0.39, 0.29) is 0 Å². The van der Waals surface area contributed by atoms with Crippen molar-refractivity contribution in [1.29, 1.82) is 0 Å². The average Bonchev–Trinajstić information content (AvgIpc) is 2.25. The predicted octanol–water partition coefficient (Wildman–Crippen LogP) is 5.01. The van der Waals surface area contributed by atoms with E-state index in [4.69, 9.17) is 38.8 Å². The molecule has 0 spiro atoms. The van der Waals surface area contributed by atoms with Crippen molar-refractivity contribution in [3.8, 4) is 5.75 Å². The van der Waals surface area contributed by atoms with Crippen LogP contribution in [-0.2, 0) is 11.8 Å². The molecule has 0 amide bonds. The van der Waals surface area contributed by atoms with Gasteiger partial charge in [-0.3, -0.25) is 0 Å². The second-order valence-electron chi connectivity index (χ2n) is 3.19. The van der Waals surface area contributed by atoms with Crippen LogP contribution in [0.4, 0.5) is 0 Å². The molecule has 0 saturated carbocycles. The van der Waals surface area contributed by atoms with Gasteiger partial charge in [-0.2, -0.15) is 5.10 Å². The topological polar surface area (TPSA) is 24.8 Å². The van der Waals surface area contributed by atoms with Crippen LogP contribution < -0.4 is 4.52 Å². The molecule has 0 bridgehead atoms. The maximum Gasteiger partial charge on any atom is 0.222 e. The first-order valence-corrected chi connectivity index (χ1v) is 13.7. The molecule has 0 radical (unpaired) electrons. The smallest absolute Gasteiger partial charge is 0.222 e. The van der Waals surface area contributed by atoms with Gasteiger partial charge in [0.15, 0.2) is 0 Å². The summed E-state index contributed by atoms with van der Waals surface area (Å²) >= 11 is 16.5. The first kappa shape index (κ1) is 17.1. The quantitative estimate of drug-likeness (QED) is 0.409. The predicted molar refractivity (Wildman–Crippen MR) is 94.8 cm³/mol. The number of halogens is 2. The summed E-state index contributed by atoms with van der Waals surface area (Å²) in [5.74, 6) is 0.816. The van der Waals surface area contributed by atoms with Crippen LogP contribution in [0, 0.1) is 0 Å². The van der Waals surface area contributed by atoms with Crippen molar-refractivity contribution >= 4 is 70.8 Å². The largest absolute Gasteiger partial charge is 0.466 e. The third-order valence-corrected chi connectivity index (χ3v) is 5.65. The van der Waals surface area contributed by atoms with E-state index in [1.54, 1.807) is 13.3 Å². The van der Waals surface area contributed by atoms with E-state index in [1.807, 2.05) is 24.3 Å². The minimum atomic E-state index is -2.54. The molecule has 0 fully saturated rings. The van der Waals surface area contributed by atoms with Crippen molar-refractivity contribution in [2.75, 3.05) is 7.05 Å². The molecule has 0 N–H and O–H groups in total. The van der Waals surface area contributed by atoms with Gasteiger partial charge >= 0.3 is 0 Å². The Labute approximate surface area is 127 Å². The Kier molecular flexibility index (Phi) is 7.30. The Hall–Kier alpha value is 1.01. The van der Waals surface area contributed by atoms with E-state index in [0.717, 1.165) is 11.3 Å². The highest BCUT2D eigenvalue weighted by Crippen LogP contribution is 2.59.